The Kier molecular flexibility index (Phi) is 4.89. The molecule has 2 aromatic rings. The summed E-state index contributed by atoms with van der Waals surface area (Å²) in [5.41, 5.74) is 0.686. The second kappa shape index (κ2) is 7.45. The fourth-order valence-corrected chi connectivity index (χ4v) is 3.51. The summed E-state index contributed by atoms with van der Waals surface area (Å²) in [6.07, 6.45) is 2.40. The first-order valence-electron chi connectivity index (χ1n) is 8.88. The molecule has 8 heteroatoms. The van der Waals surface area contributed by atoms with E-state index in [0.29, 0.717) is 12.2 Å². The lowest BCUT2D eigenvalue weighted by Gasteiger charge is -2.35. The smallest absolute Gasteiger partial charge is 0.165 e. The molecule has 1 aromatic carbocycles. The number of tetrazole rings is 1. The average molecular weight is 346 g/mol. The summed E-state index contributed by atoms with van der Waals surface area (Å²) in [6.45, 7) is 5.59. The first-order valence-corrected chi connectivity index (χ1v) is 8.88. The van der Waals surface area contributed by atoms with Crippen molar-refractivity contribution < 1.29 is 9.13 Å². The van der Waals surface area contributed by atoms with Gasteiger partial charge in [-0.3, -0.25) is 4.90 Å². The molecular weight excluding hydrogens is 323 g/mol. The summed E-state index contributed by atoms with van der Waals surface area (Å²) >= 11 is 0. The lowest BCUT2D eigenvalue weighted by atomic mass is 10.2. The van der Waals surface area contributed by atoms with Crippen LogP contribution in [0.4, 0.5) is 10.1 Å². The van der Waals surface area contributed by atoms with Crippen molar-refractivity contribution in [3.8, 4) is 0 Å². The number of ether oxygens (including phenoxy) is 1. The van der Waals surface area contributed by atoms with Crippen LogP contribution in [-0.4, -0.2) is 64.0 Å². The van der Waals surface area contributed by atoms with Crippen molar-refractivity contribution in [3.63, 3.8) is 0 Å². The maximum atomic E-state index is 13.9. The first kappa shape index (κ1) is 16.4. The van der Waals surface area contributed by atoms with Crippen LogP contribution in [0.3, 0.4) is 0 Å². The molecule has 0 bridgehead atoms. The topological polar surface area (TPSA) is 59.3 Å². The van der Waals surface area contributed by atoms with Crippen molar-refractivity contribution in [1.29, 1.82) is 0 Å². The van der Waals surface area contributed by atoms with Crippen molar-refractivity contribution in [2.24, 2.45) is 0 Å². The molecular formula is C17H23FN6O. The van der Waals surface area contributed by atoms with Gasteiger partial charge in [-0.25, -0.2) is 9.07 Å². The van der Waals surface area contributed by atoms with Crippen LogP contribution in [0.2, 0.25) is 0 Å². The highest BCUT2D eigenvalue weighted by molar-refractivity contribution is 5.47. The van der Waals surface area contributed by atoms with E-state index >= 15 is 0 Å². The van der Waals surface area contributed by atoms with Gasteiger partial charge in [-0.2, -0.15) is 0 Å². The summed E-state index contributed by atoms with van der Waals surface area (Å²) < 4.78 is 21.5. The van der Waals surface area contributed by atoms with E-state index in [1.807, 2.05) is 16.8 Å². The Morgan fingerprint density at radius 1 is 1.16 bits per heavy atom. The van der Waals surface area contributed by atoms with E-state index in [1.165, 1.54) is 6.07 Å². The van der Waals surface area contributed by atoms with Gasteiger partial charge >= 0.3 is 0 Å². The van der Waals surface area contributed by atoms with Gasteiger partial charge in [0.25, 0.3) is 0 Å². The van der Waals surface area contributed by atoms with Gasteiger partial charge < -0.3 is 9.64 Å². The standard InChI is InChI=1S/C17H23FN6O/c18-15-5-1-2-6-16(15)23-9-7-22(8-10-23)13-17-19-20-21-24(17)12-14-4-3-11-25-14/h1-2,5-6,14H,3-4,7-13H2/t14-/m0/s1. The van der Waals surface area contributed by atoms with Crippen LogP contribution in [0.1, 0.15) is 18.7 Å². The van der Waals surface area contributed by atoms with Gasteiger partial charge in [0.1, 0.15) is 5.82 Å². The summed E-state index contributed by atoms with van der Waals surface area (Å²) in [6, 6.07) is 6.96. The Hall–Kier alpha value is -2.06. The van der Waals surface area contributed by atoms with Crippen LogP contribution in [0.15, 0.2) is 24.3 Å². The van der Waals surface area contributed by atoms with Gasteiger partial charge in [-0.1, -0.05) is 12.1 Å². The lowest BCUT2D eigenvalue weighted by molar-refractivity contribution is 0.0916. The Balaban J connectivity index is 1.33. The molecule has 1 atom stereocenters. The number of hydrogen-bond donors (Lipinski definition) is 0. The van der Waals surface area contributed by atoms with Crippen molar-refractivity contribution in [1.82, 2.24) is 25.1 Å². The number of benzene rings is 1. The molecule has 0 spiro atoms. The quantitative estimate of drug-likeness (QED) is 0.814. The number of halogens is 1. The normalized spacial score (nSPS) is 21.8. The highest BCUT2D eigenvalue weighted by atomic mass is 19.1. The second-order valence-electron chi connectivity index (χ2n) is 6.63. The molecule has 0 saturated carbocycles. The molecule has 7 nitrogen and oxygen atoms in total. The molecule has 2 aliphatic rings. The molecule has 2 saturated heterocycles. The monoisotopic (exact) mass is 346 g/mol. The van der Waals surface area contributed by atoms with Crippen molar-refractivity contribution in [3.05, 3.63) is 35.9 Å². The fourth-order valence-electron chi connectivity index (χ4n) is 3.51. The van der Waals surface area contributed by atoms with E-state index in [9.17, 15) is 4.39 Å². The first-order chi connectivity index (χ1) is 12.3. The van der Waals surface area contributed by atoms with E-state index in [4.69, 9.17) is 4.74 Å². The molecule has 2 aliphatic heterocycles. The minimum absolute atomic E-state index is 0.156. The third-order valence-corrected chi connectivity index (χ3v) is 4.94. The van der Waals surface area contributed by atoms with Gasteiger partial charge in [0.15, 0.2) is 5.82 Å². The predicted octanol–water partition coefficient (Wildman–Crippen LogP) is 1.31. The minimum atomic E-state index is -0.156. The molecule has 0 N–H and O–H groups in total. The average Bonchev–Trinajstić information content (AvgIpc) is 3.29. The van der Waals surface area contributed by atoms with E-state index < -0.39 is 0 Å². The van der Waals surface area contributed by atoms with Gasteiger partial charge in [0, 0.05) is 32.8 Å². The molecule has 3 heterocycles. The highest BCUT2D eigenvalue weighted by Gasteiger charge is 2.23. The van der Waals surface area contributed by atoms with Crippen LogP contribution in [0.25, 0.3) is 0 Å². The third kappa shape index (κ3) is 3.80. The van der Waals surface area contributed by atoms with Gasteiger partial charge in [-0.05, 0) is 35.4 Å². The fraction of sp³-hybridized carbons (Fsp3) is 0.588. The summed E-state index contributed by atoms with van der Waals surface area (Å²) in [5, 5.41) is 12.1. The van der Waals surface area contributed by atoms with Crippen molar-refractivity contribution in [2.75, 3.05) is 37.7 Å². The van der Waals surface area contributed by atoms with Gasteiger partial charge in [0.05, 0.1) is 24.9 Å². The maximum absolute atomic E-state index is 13.9. The predicted molar refractivity (Wildman–Crippen MR) is 90.7 cm³/mol. The SMILES string of the molecule is Fc1ccccc1N1CCN(Cc2nnnn2C[C@@H]2CCCO2)CC1. The number of rotatable bonds is 5. The van der Waals surface area contributed by atoms with Crippen LogP contribution in [0, 0.1) is 5.82 Å². The Morgan fingerprint density at radius 2 is 2.00 bits per heavy atom. The Labute approximate surface area is 146 Å². The lowest BCUT2D eigenvalue weighted by Crippen LogP contribution is -2.46. The summed E-state index contributed by atoms with van der Waals surface area (Å²) in [5.74, 6) is 0.714. The summed E-state index contributed by atoms with van der Waals surface area (Å²) in [7, 11) is 0. The number of para-hydroxylation sites is 1. The number of anilines is 1. The molecule has 0 unspecified atom stereocenters. The van der Waals surface area contributed by atoms with E-state index in [2.05, 4.69) is 25.3 Å². The second-order valence-corrected chi connectivity index (χ2v) is 6.63. The minimum Gasteiger partial charge on any atom is -0.376 e. The Morgan fingerprint density at radius 3 is 2.76 bits per heavy atom. The number of nitrogens with zero attached hydrogens (tertiary/aromatic N) is 6. The molecule has 4 rings (SSSR count). The summed E-state index contributed by atoms with van der Waals surface area (Å²) in [4.78, 5) is 4.41. The van der Waals surface area contributed by atoms with Crippen molar-refractivity contribution >= 4 is 5.69 Å². The van der Waals surface area contributed by atoms with E-state index in [1.54, 1.807) is 6.07 Å². The number of piperazine rings is 1. The highest BCUT2D eigenvalue weighted by Crippen LogP contribution is 2.20. The zero-order valence-electron chi connectivity index (χ0n) is 14.2. The van der Waals surface area contributed by atoms with Crippen LogP contribution in [0.5, 0.6) is 0 Å². The van der Waals surface area contributed by atoms with E-state index in [0.717, 1.165) is 58.0 Å². The molecule has 0 radical (unpaired) electrons. The van der Waals surface area contributed by atoms with E-state index in [-0.39, 0.29) is 11.9 Å². The van der Waals surface area contributed by atoms with Crippen LogP contribution < -0.4 is 4.90 Å². The molecule has 0 aliphatic carbocycles. The van der Waals surface area contributed by atoms with Crippen LogP contribution in [-0.2, 0) is 17.8 Å². The Bertz CT molecular complexity index is 694. The molecule has 2 fully saturated rings. The van der Waals surface area contributed by atoms with Gasteiger partial charge in [0.2, 0.25) is 0 Å². The zero-order chi connectivity index (χ0) is 17.1. The van der Waals surface area contributed by atoms with Crippen LogP contribution >= 0.6 is 0 Å². The molecule has 25 heavy (non-hydrogen) atoms. The number of aromatic nitrogens is 4. The maximum Gasteiger partial charge on any atom is 0.165 e. The third-order valence-electron chi connectivity index (χ3n) is 4.94. The van der Waals surface area contributed by atoms with Crippen molar-refractivity contribution in [2.45, 2.75) is 32.0 Å². The van der Waals surface area contributed by atoms with Gasteiger partial charge in [-0.15, -0.1) is 5.10 Å². The molecule has 0 amide bonds. The largest absolute Gasteiger partial charge is 0.376 e. The molecule has 134 valence electrons. The molecule has 1 aromatic heterocycles. The number of hydrogen-bond acceptors (Lipinski definition) is 6. The zero-order valence-corrected chi connectivity index (χ0v) is 14.2.